The van der Waals surface area contributed by atoms with Crippen molar-refractivity contribution >= 4 is 27.3 Å². The minimum Gasteiger partial charge on any atom is -0.378 e. The first-order valence-electron chi connectivity index (χ1n) is 6.45. The Morgan fingerprint density at radius 3 is 3.11 bits per heavy atom. The molecule has 3 nitrogen and oxygen atoms in total. The van der Waals surface area contributed by atoms with Crippen LogP contribution in [0.3, 0.4) is 0 Å². The van der Waals surface area contributed by atoms with E-state index in [1.165, 1.54) is 8.66 Å². The quantitative estimate of drug-likeness (QED) is 0.923. The van der Waals surface area contributed by atoms with Crippen LogP contribution in [-0.4, -0.2) is 31.5 Å². The van der Waals surface area contributed by atoms with E-state index in [9.17, 15) is 0 Å². The Hall–Kier alpha value is 0.0600. The molecule has 1 aromatic rings. The molecule has 2 fully saturated rings. The number of nitrogens with one attached hydrogen (secondary N) is 1. The molecule has 0 aliphatic carbocycles. The molecule has 100 valence electrons. The number of ether oxygens (including phenoxy) is 2. The molecule has 18 heavy (non-hydrogen) atoms. The van der Waals surface area contributed by atoms with Crippen LogP contribution in [0.2, 0.25) is 0 Å². The first-order chi connectivity index (χ1) is 8.76. The molecule has 2 aliphatic rings. The van der Waals surface area contributed by atoms with Gasteiger partial charge in [0.2, 0.25) is 0 Å². The summed E-state index contributed by atoms with van der Waals surface area (Å²) in [5, 5.41) is 3.66. The molecule has 5 heteroatoms. The van der Waals surface area contributed by atoms with E-state index in [-0.39, 0.29) is 5.60 Å². The van der Waals surface area contributed by atoms with Crippen LogP contribution >= 0.6 is 27.3 Å². The third-order valence-corrected chi connectivity index (χ3v) is 5.38. The number of hydrogen-bond donors (Lipinski definition) is 1. The lowest BCUT2D eigenvalue weighted by molar-refractivity contribution is -0.0894. The van der Waals surface area contributed by atoms with Crippen molar-refractivity contribution in [3.63, 3.8) is 0 Å². The van der Waals surface area contributed by atoms with Crippen molar-refractivity contribution in [1.82, 2.24) is 5.32 Å². The molecule has 1 aromatic heterocycles. The Morgan fingerprint density at radius 2 is 2.39 bits per heavy atom. The standard InChI is InChI=1S/C13H18BrNO2S/c14-12-2-1-11(18-12)8-15-10-3-5-17-13(7-10)4-6-16-9-13/h1-2,10,15H,3-9H2. The molecule has 1 spiro atoms. The number of halogens is 1. The monoisotopic (exact) mass is 331 g/mol. The van der Waals surface area contributed by atoms with E-state index in [0.29, 0.717) is 6.04 Å². The molecule has 0 amide bonds. The first-order valence-corrected chi connectivity index (χ1v) is 8.06. The topological polar surface area (TPSA) is 30.5 Å². The minimum absolute atomic E-state index is 0.00590. The summed E-state index contributed by atoms with van der Waals surface area (Å²) in [6, 6.07) is 4.84. The Balaban J connectivity index is 1.53. The van der Waals surface area contributed by atoms with Crippen LogP contribution in [0.4, 0.5) is 0 Å². The third kappa shape index (κ3) is 2.96. The Morgan fingerprint density at radius 1 is 1.44 bits per heavy atom. The van der Waals surface area contributed by atoms with Gasteiger partial charge in [0.1, 0.15) is 0 Å². The normalized spacial score (nSPS) is 32.2. The summed E-state index contributed by atoms with van der Waals surface area (Å²) in [7, 11) is 0. The van der Waals surface area contributed by atoms with Gasteiger partial charge in [-0.2, -0.15) is 0 Å². The number of rotatable bonds is 3. The lowest BCUT2D eigenvalue weighted by atomic mass is 9.90. The molecule has 2 unspecified atom stereocenters. The van der Waals surface area contributed by atoms with Gasteiger partial charge in [-0.25, -0.2) is 0 Å². The molecule has 0 saturated carbocycles. The van der Waals surface area contributed by atoms with Crippen molar-refractivity contribution in [2.24, 2.45) is 0 Å². The van der Waals surface area contributed by atoms with Gasteiger partial charge in [0.15, 0.2) is 0 Å². The minimum atomic E-state index is 0.00590. The van der Waals surface area contributed by atoms with Crippen molar-refractivity contribution in [3.05, 3.63) is 20.8 Å². The summed E-state index contributed by atoms with van der Waals surface area (Å²) in [5.74, 6) is 0. The maximum Gasteiger partial charge on any atom is 0.0951 e. The van der Waals surface area contributed by atoms with Gasteiger partial charge >= 0.3 is 0 Å². The second kappa shape index (κ2) is 5.59. The fourth-order valence-electron chi connectivity index (χ4n) is 2.76. The van der Waals surface area contributed by atoms with Gasteiger partial charge in [0.25, 0.3) is 0 Å². The highest BCUT2D eigenvalue weighted by Crippen LogP contribution is 2.33. The summed E-state index contributed by atoms with van der Waals surface area (Å²) in [5.41, 5.74) is 0.00590. The Kier molecular flexibility index (Phi) is 4.06. The zero-order valence-corrected chi connectivity index (χ0v) is 12.7. The van der Waals surface area contributed by atoms with E-state index >= 15 is 0 Å². The van der Waals surface area contributed by atoms with Crippen LogP contribution in [0.15, 0.2) is 15.9 Å². The second-order valence-corrected chi connectivity index (χ2v) is 7.66. The van der Waals surface area contributed by atoms with E-state index in [2.05, 4.69) is 33.4 Å². The SMILES string of the molecule is Brc1ccc(CNC2CCOC3(CCOC3)C2)s1. The molecule has 0 aromatic carbocycles. The van der Waals surface area contributed by atoms with Crippen LogP contribution in [0, 0.1) is 0 Å². The summed E-state index contributed by atoms with van der Waals surface area (Å²) >= 11 is 5.30. The lowest BCUT2D eigenvalue weighted by Gasteiger charge is -2.37. The van der Waals surface area contributed by atoms with E-state index in [1.54, 1.807) is 11.3 Å². The summed E-state index contributed by atoms with van der Waals surface area (Å²) in [4.78, 5) is 1.38. The van der Waals surface area contributed by atoms with Crippen molar-refractivity contribution in [1.29, 1.82) is 0 Å². The zero-order valence-electron chi connectivity index (χ0n) is 10.3. The number of thiophene rings is 1. The lowest BCUT2D eigenvalue weighted by Crippen LogP contribution is -2.47. The van der Waals surface area contributed by atoms with Gasteiger partial charge < -0.3 is 14.8 Å². The molecule has 2 saturated heterocycles. The van der Waals surface area contributed by atoms with Gasteiger partial charge in [-0.15, -0.1) is 11.3 Å². The van der Waals surface area contributed by atoms with Crippen molar-refractivity contribution in [2.45, 2.75) is 37.5 Å². The van der Waals surface area contributed by atoms with Crippen LogP contribution in [-0.2, 0) is 16.0 Å². The predicted molar refractivity (Wildman–Crippen MR) is 76.0 cm³/mol. The highest BCUT2D eigenvalue weighted by Gasteiger charge is 2.40. The maximum atomic E-state index is 5.94. The molecular weight excluding hydrogens is 314 g/mol. The molecule has 2 atom stereocenters. The largest absolute Gasteiger partial charge is 0.378 e. The van der Waals surface area contributed by atoms with E-state index < -0.39 is 0 Å². The van der Waals surface area contributed by atoms with Crippen LogP contribution < -0.4 is 5.32 Å². The summed E-state index contributed by atoms with van der Waals surface area (Å²) < 4.78 is 12.6. The molecular formula is C13H18BrNO2S. The fourth-order valence-corrected chi connectivity index (χ4v) is 4.19. The molecule has 1 N–H and O–H groups in total. The molecule has 0 bridgehead atoms. The molecule has 3 rings (SSSR count). The number of hydrogen-bond acceptors (Lipinski definition) is 4. The van der Waals surface area contributed by atoms with Crippen molar-refractivity contribution in [3.8, 4) is 0 Å². The Labute approximate surface area is 120 Å². The van der Waals surface area contributed by atoms with Crippen LogP contribution in [0.1, 0.15) is 24.1 Å². The third-order valence-electron chi connectivity index (χ3n) is 3.75. The highest BCUT2D eigenvalue weighted by molar-refractivity contribution is 9.11. The van der Waals surface area contributed by atoms with E-state index in [1.807, 2.05) is 0 Å². The summed E-state index contributed by atoms with van der Waals surface area (Å²) in [6.45, 7) is 3.44. The van der Waals surface area contributed by atoms with Crippen LogP contribution in [0.25, 0.3) is 0 Å². The second-order valence-electron chi connectivity index (χ2n) is 5.11. The smallest absolute Gasteiger partial charge is 0.0951 e. The average Bonchev–Trinajstić information content (AvgIpc) is 2.97. The van der Waals surface area contributed by atoms with Crippen molar-refractivity contribution < 1.29 is 9.47 Å². The molecule has 2 aliphatic heterocycles. The predicted octanol–water partition coefficient (Wildman–Crippen LogP) is 2.94. The maximum absolute atomic E-state index is 5.94. The fraction of sp³-hybridized carbons (Fsp3) is 0.692. The van der Waals surface area contributed by atoms with Gasteiger partial charge in [0, 0.05) is 37.1 Å². The zero-order chi connectivity index (χ0) is 12.4. The summed E-state index contributed by atoms with van der Waals surface area (Å²) in [6.07, 6.45) is 3.24. The molecule has 0 radical (unpaired) electrons. The van der Waals surface area contributed by atoms with Gasteiger partial charge in [0.05, 0.1) is 16.0 Å². The van der Waals surface area contributed by atoms with Gasteiger partial charge in [-0.1, -0.05) is 0 Å². The first kappa shape index (κ1) is 13.1. The van der Waals surface area contributed by atoms with E-state index in [4.69, 9.17) is 9.47 Å². The van der Waals surface area contributed by atoms with Gasteiger partial charge in [-0.3, -0.25) is 0 Å². The highest BCUT2D eigenvalue weighted by atomic mass is 79.9. The average molecular weight is 332 g/mol. The van der Waals surface area contributed by atoms with Gasteiger partial charge in [-0.05, 0) is 40.9 Å². The van der Waals surface area contributed by atoms with E-state index in [0.717, 1.165) is 45.6 Å². The molecule has 3 heterocycles. The van der Waals surface area contributed by atoms with Crippen LogP contribution in [0.5, 0.6) is 0 Å². The van der Waals surface area contributed by atoms with Crippen molar-refractivity contribution in [2.75, 3.05) is 19.8 Å². The Bertz CT molecular complexity index is 403.